The fraction of sp³-hybridized carbons (Fsp3) is 0.500. The van der Waals surface area contributed by atoms with E-state index in [9.17, 15) is 13.2 Å². The number of hydrogen-bond acceptors (Lipinski definition) is 6. The Labute approximate surface area is 135 Å². The largest absolute Gasteiger partial charge is 0.443 e. The number of nitrogens with zero attached hydrogens (tertiary/aromatic N) is 4. The van der Waals surface area contributed by atoms with E-state index in [2.05, 4.69) is 25.4 Å². The summed E-state index contributed by atoms with van der Waals surface area (Å²) in [6, 6.07) is 4.06. The van der Waals surface area contributed by atoms with Gasteiger partial charge in [0.15, 0.2) is 10.8 Å². The highest BCUT2D eigenvalue weighted by molar-refractivity contribution is 7.09. The molecule has 0 aliphatic carbocycles. The van der Waals surface area contributed by atoms with Crippen molar-refractivity contribution >= 4 is 17.2 Å². The van der Waals surface area contributed by atoms with Gasteiger partial charge in [0.05, 0.1) is 5.69 Å². The molecule has 0 bridgehead atoms. The number of thiazole rings is 1. The van der Waals surface area contributed by atoms with Gasteiger partial charge in [-0.1, -0.05) is 0 Å². The van der Waals surface area contributed by atoms with E-state index in [1.807, 2.05) is 12.1 Å². The molecule has 2 aromatic rings. The molecule has 0 saturated carbocycles. The summed E-state index contributed by atoms with van der Waals surface area (Å²) in [6.45, 7) is 2.06. The highest BCUT2D eigenvalue weighted by Crippen LogP contribution is 2.31. The van der Waals surface area contributed by atoms with E-state index in [4.69, 9.17) is 0 Å². The Balaban J connectivity index is 1.47. The Morgan fingerprint density at radius 1 is 1.30 bits per heavy atom. The van der Waals surface area contributed by atoms with E-state index < -0.39 is 11.2 Å². The minimum absolute atomic E-state index is 0.277. The quantitative estimate of drug-likeness (QED) is 0.925. The third-order valence-corrected chi connectivity index (χ3v) is 4.68. The van der Waals surface area contributed by atoms with Crippen LogP contribution in [0.3, 0.4) is 0 Å². The van der Waals surface area contributed by atoms with Gasteiger partial charge in [-0.25, -0.2) is 4.98 Å². The maximum Gasteiger partial charge on any atom is 0.443 e. The zero-order valence-corrected chi connectivity index (χ0v) is 13.1. The van der Waals surface area contributed by atoms with Crippen LogP contribution < -0.4 is 10.2 Å². The Kier molecular flexibility index (Phi) is 4.76. The van der Waals surface area contributed by atoms with E-state index >= 15 is 0 Å². The number of halogens is 3. The van der Waals surface area contributed by atoms with Crippen LogP contribution in [0.1, 0.15) is 23.5 Å². The molecule has 1 aliphatic rings. The smallest absolute Gasteiger partial charge is 0.355 e. The fourth-order valence-electron chi connectivity index (χ4n) is 2.54. The average molecular weight is 343 g/mol. The van der Waals surface area contributed by atoms with Gasteiger partial charge in [-0.15, -0.1) is 16.4 Å². The molecule has 1 saturated heterocycles. The van der Waals surface area contributed by atoms with Gasteiger partial charge in [-0.05, 0) is 25.0 Å². The summed E-state index contributed by atoms with van der Waals surface area (Å²) in [5.41, 5.74) is 0.443. The number of piperidine rings is 1. The second kappa shape index (κ2) is 6.79. The summed E-state index contributed by atoms with van der Waals surface area (Å²) < 4.78 is 37.5. The van der Waals surface area contributed by atoms with Crippen molar-refractivity contribution in [1.82, 2.24) is 20.5 Å². The monoisotopic (exact) mass is 343 g/mol. The van der Waals surface area contributed by atoms with Crippen LogP contribution in [-0.2, 0) is 12.7 Å². The molecule has 9 heteroatoms. The first-order valence-electron chi connectivity index (χ1n) is 7.30. The molecule has 23 heavy (non-hydrogen) atoms. The van der Waals surface area contributed by atoms with Crippen molar-refractivity contribution in [3.8, 4) is 0 Å². The van der Waals surface area contributed by atoms with Crippen molar-refractivity contribution in [2.24, 2.45) is 0 Å². The molecule has 0 unspecified atom stereocenters. The molecule has 5 nitrogen and oxygen atoms in total. The molecule has 1 aliphatic heterocycles. The van der Waals surface area contributed by atoms with Gasteiger partial charge in [-0.3, -0.25) is 0 Å². The Bertz CT molecular complexity index is 623. The number of aromatic nitrogens is 3. The van der Waals surface area contributed by atoms with E-state index in [0.29, 0.717) is 23.6 Å². The lowest BCUT2D eigenvalue weighted by atomic mass is 10.1. The van der Waals surface area contributed by atoms with Gasteiger partial charge in [0.1, 0.15) is 0 Å². The predicted octanol–water partition coefficient (Wildman–Crippen LogP) is 2.71. The lowest BCUT2D eigenvalue weighted by Gasteiger charge is -2.32. The number of hydrogen-bond donors (Lipinski definition) is 1. The molecule has 1 fully saturated rings. The van der Waals surface area contributed by atoms with Gasteiger partial charge in [-0.2, -0.15) is 18.3 Å². The van der Waals surface area contributed by atoms with Crippen molar-refractivity contribution in [3.05, 3.63) is 34.4 Å². The van der Waals surface area contributed by atoms with E-state index in [-0.39, 0.29) is 6.04 Å². The fourth-order valence-corrected chi connectivity index (χ4v) is 3.23. The van der Waals surface area contributed by atoms with Gasteiger partial charge in [0, 0.05) is 37.3 Å². The Morgan fingerprint density at radius 2 is 2.09 bits per heavy atom. The Morgan fingerprint density at radius 3 is 2.70 bits per heavy atom. The summed E-state index contributed by atoms with van der Waals surface area (Å²) in [6.07, 6.45) is -0.897. The van der Waals surface area contributed by atoms with Gasteiger partial charge < -0.3 is 10.2 Å². The molecule has 0 atom stereocenters. The molecule has 0 spiro atoms. The summed E-state index contributed by atoms with van der Waals surface area (Å²) >= 11 is 0.641. The third kappa shape index (κ3) is 4.17. The van der Waals surface area contributed by atoms with Crippen LogP contribution in [0.15, 0.2) is 23.7 Å². The molecule has 3 rings (SSSR count). The lowest BCUT2D eigenvalue weighted by Crippen LogP contribution is -2.42. The van der Waals surface area contributed by atoms with Crippen LogP contribution in [0.4, 0.5) is 19.0 Å². The first-order valence-corrected chi connectivity index (χ1v) is 8.18. The molecule has 0 amide bonds. The Hall–Kier alpha value is -1.74. The SMILES string of the molecule is FC(F)(F)c1nc(CNC2CCN(c3cccnn3)CC2)cs1. The van der Waals surface area contributed by atoms with E-state index in [1.165, 1.54) is 5.38 Å². The highest BCUT2D eigenvalue weighted by atomic mass is 32.1. The van der Waals surface area contributed by atoms with Crippen molar-refractivity contribution in [2.45, 2.75) is 31.6 Å². The van der Waals surface area contributed by atoms with Crippen LogP contribution in [0.5, 0.6) is 0 Å². The van der Waals surface area contributed by atoms with Crippen molar-refractivity contribution in [1.29, 1.82) is 0 Å². The van der Waals surface area contributed by atoms with Gasteiger partial charge in [0.2, 0.25) is 0 Å². The summed E-state index contributed by atoms with van der Waals surface area (Å²) in [7, 11) is 0. The minimum Gasteiger partial charge on any atom is -0.355 e. The van der Waals surface area contributed by atoms with Gasteiger partial charge >= 0.3 is 6.18 Å². The molecule has 1 N–H and O–H groups in total. The van der Waals surface area contributed by atoms with Crippen LogP contribution in [0.25, 0.3) is 0 Å². The van der Waals surface area contributed by atoms with Crippen molar-refractivity contribution in [3.63, 3.8) is 0 Å². The average Bonchev–Trinajstić information content (AvgIpc) is 3.04. The molecular weight excluding hydrogens is 327 g/mol. The lowest BCUT2D eigenvalue weighted by molar-refractivity contribution is -0.137. The second-order valence-electron chi connectivity index (χ2n) is 5.37. The standard InChI is InChI=1S/C14H16F3N5S/c15-14(16,17)13-20-11(9-23-13)8-18-10-3-6-22(7-4-10)12-2-1-5-19-21-12/h1-2,5,9-10,18H,3-4,6-8H2. The summed E-state index contributed by atoms with van der Waals surface area (Å²) in [5, 5.41) is 11.9. The number of alkyl halides is 3. The maximum absolute atomic E-state index is 12.5. The topological polar surface area (TPSA) is 53.9 Å². The number of rotatable bonds is 4. The van der Waals surface area contributed by atoms with Crippen LogP contribution >= 0.6 is 11.3 Å². The van der Waals surface area contributed by atoms with Gasteiger partial charge in [0.25, 0.3) is 0 Å². The number of nitrogens with one attached hydrogen (secondary N) is 1. The highest BCUT2D eigenvalue weighted by Gasteiger charge is 2.34. The summed E-state index contributed by atoms with van der Waals surface area (Å²) in [4.78, 5) is 5.79. The first kappa shape index (κ1) is 16.1. The molecule has 0 aromatic carbocycles. The maximum atomic E-state index is 12.5. The third-order valence-electron chi connectivity index (χ3n) is 3.74. The van der Waals surface area contributed by atoms with Crippen molar-refractivity contribution < 1.29 is 13.2 Å². The van der Waals surface area contributed by atoms with Crippen LogP contribution in [-0.4, -0.2) is 34.3 Å². The van der Waals surface area contributed by atoms with Crippen LogP contribution in [0.2, 0.25) is 0 Å². The molecule has 0 radical (unpaired) electrons. The molecule has 124 valence electrons. The molecule has 3 heterocycles. The second-order valence-corrected chi connectivity index (χ2v) is 6.22. The number of anilines is 1. The normalized spacial score (nSPS) is 16.7. The van der Waals surface area contributed by atoms with E-state index in [1.54, 1.807) is 6.20 Å². The van der Waals surface area contributed by atoms with Crippen LogP contribution in [0, 0.1) is 0 Å². The molecular formula is C14H16F3N5S. The minimum atomic E-state index is -4.36. The summed E-state index contributed by atoms with van der Waals surface area (Å²) in [5.74, 6) is 0.861. The zero-order valence-electron chi connectivity index (χ0n) is 12.3. The zero-order chi connectivity index (χ0) is 16.3. The predicted molar refractivity (Wildman–Crippen MR) is 81.2 cm³/mol. The molecule has 2 aromatic heterocycles. The van der Waals surface area contributed by atoms with E-state index in [0.717, 1.165) is 31.7 Å². The first-order chi connectivity index (χ1) is 11.0. The van der Waals surface area contributed by atoms with Crippen molar-refractivity contribution in [2.75, 3.05) is 18.0 Å².